The number of nitrogens with one attached hydrogen (secondary N) is 1. The number of nitrogens with two attached hydrogens (primary N) is 1. The molecule has 0 saturated heterocycles. The Balaban J connectivity index is 2.95. The zero-order chi connectivity index (χ0) is 17.6. The van der Waals surface area contributed by atoms with Gasteiger partial charge in [0.1, 0.15) is 6.04 Å². The van der Waals surface area contributed by atoms with Crippen LogP contribution in [0.3, 0.4) is 0 Å². The third kappa shape index (κ3) is 6.37. The summed E-state index contributed by atoms with van der Waals surface area (Å²) in [6, 6.07) is 5.02. The third-order valence-electron chi connectivity index (χ3n) is 2.94. The van der Waals surface area contributed by atoms with Gasteiger partial charge in [-0.1, -0.05) is 17.7 Å². The van der Waals surface area contributed by atoms with Crippen molar-refractivity contribution < 1.29 is 22.7 Å². The Morgan fingerprint density at radius 2 is 1.78 bits per heavy atom. The first-order valence-corrected chi connectivity index (χ1v) is 8.68. The van der Waals surface area contributed by atoms with Crippen LogP contribution in [0.15, 0.2) is 29.2 Å². The third-order valence-corrected chi connectivity index (χ3v) is 4.43. The molecule has 3 N–H and O–H groups in total. The van der Waals surface area contributed by atoms with Gasteiger partial charge >= 0.3 is 5.97 Å². The Morgan fingerprint density at radius 1 is 1.22 bits per heavy atom. The number of hydrogen-bond acceptors (Lipinski definition) is 5. The van der Waals surface area contributed by atoms with E-state index in [-0.39, 0.29) is 17.7 Å². The molecule has 0 bridgehead atoms. The zero-order valence-electron chi connectivity index (χ0n) is 13.4. The number of esters is 1. The maximum absolute atomic E-state index is 12.4. The van der Waals surface area contributed by atoms with E-state index in [2.05, 4.69) is 4.72 Å². The Morgan fingerprint density at radius 3 is 2.26 bits per heavy atom. The predicted molar refractivity (Wildman–Crippen MR) is 84.9 cm³/mol. The molecule has 1 amide bonds. The topological polar surface area (TPSA) is 116 Å². The molecule has 0 aliphatic rings. The molecule has 0 fully saturated rings. The fourth-order valence-corrected chi connectivity index (χ4v) is 3.02. The van der Waals surface area contributed by atoms with Gasteiger partial charge in [0.25, 0.3) is 0 Å². The summed E-state index contributed by atoms with van der Waals surface area (Å²) >= 11 is 0. The van der Waals surface area contributed by atoms with Crippen LogP contribution in [0.25, 0.3) is 0 Å². The molecule has 0 spiro atoms. The van der Waals surface area contributed by atoms with Crippen LogP contribution in [-0.2, 0) is 24.3 Å². The molecule has 0 heterocycles. The Kier molecular flexibility index (Phi) is 6.71. The summed E-state index contributed by atoms with van der Waals surface area (Å²) in [4.78, 5) is 23.0. The average Bonchev–Trinajstić information content (AvgIpc) is 2.42. The lowest BCUT2D eigenvalue weighted by molar-refractivity contribution is -0.149. The molecule has 1 atom stereocenters. The lowest BCUT2D eigenvalue weighted by atomic mass is 10.1. The molecular formula is C15H22N2O5S. The van der Waals surface area contributed by atoms with Crippen molar-refractivity contribution in [3.63, 3.8) is 0 Å². The molecule has 23 heavy (non-hydrogen) atoms. The molecule has 128 valence electrons. The van der Waals surface area contributed by atoms with Crippen LogP contribution in [-0.4, -0.2) is 32.4 Å². The lowest BCUT2D eigenvalue weighted by Crippen LogP contribution is -2.43. The van der Waals surface area contributed by atoms with Gasteiger partial charge in [0.05, 0.1) is 11.0 Å². The first-order valence-electron chi connectivity index (χ1n) is 7.19. The van der Waals surface area contributed by atoms with Crippen molar-refractivity contribution >= 4 is 21.9 Å². The summed E-state index contributed by atoms with van der Waals surface area (Å²) in [5.74, 6) is -1.36. The fourth-order valence-electron chi connectivity index (χ4n) is 1.80. The highest BCUT2D eigenvalue weighted by Crippen LogP contribution is 2.13. The highest BCUT2D eigenvalue weighted by molar-refractivity contribution is 7.89. The first-order chi connectivity index (χ1) is 10.6. The number of benzene rings is 1. The Labute approximate surface area is 136 Å². The number of rotatable bonds is 8. The van der Waals surface area contributed by atoms with Gasteiger partial charge in [0, 0.05) is 6.42 Å². The SMILES string of the molecule is Cc1ccc(S(=O)(=O)N[C@H](CCC(N)=O)C(=O)OC(C)C)cc1. The van der Waals surface area contributed by atoms with E-state index in [0.717, 1.165) is 5.56 Å². The van der Waals surface area contributed by atoms with Crippen molar-refractivity contribution in [2.45, 2.75) is 50.7 Å². The van der Waals surface area contributed by atoms with E-state index in [4.69, 9.17) is 10.5 Å². The molecule has 0 unspecified atom stereocenters. The molecule has 0 radical (unpaired) electrons. The minimum absolute atomic E-state index is 0.0320. The summed E-state index contributed by atoms with van der Waals surface area (Å²) in [6.07, 6.45) is -0.595. The first kappa shape index (κ1) is 19.1. The van der Waals surface area contributed by atoms with Crippen molar-refractivity contribution in [3.8, 4) is 0 Å². The number of aryl methyl sites for hydroxylation is 1. The maximum atomic E-state index is 12.4. The van der Waals surface area contributed by atoms with Gasteiger partial charge in [0.2, 0.25) is 15.9 Å². The predicted octanol–water partition coefficient (Wildman–Crippen LogP) is 0.859. The van der Waals surface area contributed by atoms with E-state index in [1.807, 2.05) is 6.92 Å². The van der Waals surface area contributed by atoms with Crippen molar-refractivity contribution in [1.29, 1.82) is 0 Å². The summed E-state index contributed by atoms with van der Waals surface area (Å²) in [7, 11) is -3.91. The molecule has 8 heteroatoms. The van der Waals surface area contributed by atoms with Crippen molar-refractivity contribution in [3.05, 3.63) is 29.8 Å². The molecule has 1 aromatic carbocycles. The van der Waals surface area contributed by atoms with Crippen LogP contribution in [0.4, 0.5) is 0 Å². The van der Waals surface area contributed by atoms with Crippen LogP contribution in [0.2, 0.25) is 0 Å². The summed E-state index contributed by atoms with van der Waals surface area (Å²) < 4.78 is 32.0. The van der Waals surface area contributed by atoms with Crippen LogP contribution in [0.1, 0.15) is 32.3 Å². The van der Waals surface area contributed by atoms with E-state index in [9.17, 15) is 18.0 Å². The van der Waals surface area contributed by atoms with Gasteiger partial charge in [-0.3, -0.25) is 9.59 Å². The fraction of sp³-hybridized carbons (Fsp3) is 0.467. The largest absolute Gasteiger partial charge is 0.462 e. The monoisotopic (exact) mass is 342 g/mol. The van der Waals surface area contributed by atoms with Gasteiger partial charge in [-0.05, 0) is 39.3 Å². The quantitative estimate of drug-likeness (QED) is 0.680. The van der Waals surface area contributed by atoms with E-state index < -0.39 is 34.0 Å². The number of sulfonamides is 1. The number of carbonyl (C=O) groups excluding carboxylic acids is 2. The van der Waals surface area contributed by atoms with Crippen LogP contribution in [0.5, 0.6) is 0 Å². The van der Waals surface area contributed by atoms with Crippen molar-refractivity contribution in [1.82, 2.24) is 4.72 Å². The van der Waals surface area contributed by atoms with Gasteiger partial charge in [-0.25, -0.2) is 8.42 Å². The van der Waals surface area contributed by atoms with Crippen molar-refractivity contribution in [2.75, 3.05) is 0 Å². The Hall–Kier alpha value is -1.93. The number of primary amides is 1. The molecule has 0 aliphatic carbocycles. The normalized spacial score (nSPS) is 12.9. The summed E-state index contributed by atoms with van der Waals surface area (Å²) in [6.45, 7) is 5.13. The van der Waals surface area contributed by atoms with E-state index in [1.54, 1.807) is 26.0 Å². The highest BCUT2D eigenvalue weighted by Gasteiger charge is 2.27. The molecular weight excluding hydrogens is 320 g/mol. The summed E-state index contributed by atoms with van der Waals surface area (Å²) in [5, 5.41) is 0. The maximum Gasteiger partial charge on any atom is 0.324 e. The molecule has 0 aliphatic heterocycles. The van der Waals surface area contributed by atoms with Crippen LogP contribution >= 0.6 is 0 Å². The average molecular weight is 342 g/mol. The smallest absolute Gasteiger partial charge is 0.324 e. The van der Waals surface area contributed by atoms with Crippen LogP contribution in [0, 0.1) is 6.92 Å². The van der Waals surface area contributed by atoms with E-state index in [0.29, 0.717) is 0 Å². The molecule has 1 aromatic rings. The van der Waals surface area contributed by atoms with Crippen LogP contribution < -0.4 is 10.5 Å². The molecule has 0 aromatic heterocycles. The van der Waals surface area contributed by atoms with Crippen molar-refractivity contribution in [2.24, 2.45) is 5.73 Å². The molecule has 0 saturated carbocycles. The zero-order valence-corrected chi connectivity index (χ0v) is 14.2. The second-order valence-corrected chi connectivity index (χ2v) is 7.19. The molecule has 7 nitrogen and oxygen atoms in total. The minimum atomic E-state index is -3.91. The number of ether oxygens (including phenoxy) is 1. The highest BCUT2D eigenvalue weighted by atomic mass is 32.2. The second-order valence-electron chi connectivity index (χ2n) is 5.48. The number of hydrogen-bond donors (Lipinski definition) is 2. The second kappa shape index (κ2) is 8.07. The molecule has 1 rings (SSSR count). The number of amides is 1. The summed E-state index contributed by atoms with van der Waals surface area (Å²) in [5.41, 5.74) is 5.98. The Bertz CT molecular complexity index is 653. The van der Waals surface area contributed by atoms with Gasteiger partial charge in [-0.15, -0.1) is 0 Å². The van der Waals surface area contributed by atoms with E-state index in [1.165, 1.54) is 12.1 Å². The van der Waals surface area contributed by atoms with E-state index >= 15 is 0 Å². The van der Waals surface area contributed by atoms with Gasteiger partial charge in [0.15, 0.2) is 0 Å². The van der Waals surface area contributed by atoms with Gasteiger partial charge < -0.3 is 10.5 Å². The minimum Gasteiger partial charge on any atom is -0.462 e. The van der Waals surface area contributed by atoms with Gasteiger partial charge in [-0.2, -0.15) is 4.72 Å². The lowest BCUT2D eigenvalue weighted by Gasteiger charge is -2.18. The number of carbonyl (C=O) groups is 2. The standard InChI is InChI=1S/C15H22N2O5S/c1-10(2)22-15(19)13(8-9-14(16)18)17-23(20,21)12-6-4-11(3)5-7-12/h4-7,10,13,17H,8-9H2,1-3H3,(H2,16,18)/t13-/m1/s1.